The number of nitrogens with zero attached hydrogens (tertiary/aromatic N) is 4. The average Bonchev–Trinajstić information content (AvgIpc) is 3.48. The highest BCUT2D eigenvalue weighted by atomic mass is 31.2. The molecule has 2 fully saturated rings. The van der Waals surface area contributed by atoms with Gasteiger partial charge >= 0.3 is 31.8 Å². The van der Waals surface area contributed by atoms with Gasteiger partial charge in [0.15, 0.2) is 11.5 Å². The van der Waals surface area contributed by atoms with E-state index in [4.69, 9.17) is 48.7 Å². The number of nitrogen functional groups attached to an aromatic ring is 1. The van der Waals surface area contributed by atoms with Gasteiger partial charge in [0.1, 0.15) is 30.4 Å². The molecule has 0 bridgehead atoms. The van der Waals surface area contributed by atoms with Crippen LogP contribution in [0.1, 0.15) is 71.1 Å². The lowest BCUT2D eigenvalue weighted by Crippen LogP contribution is -2.23. The largest absolute Gasteiger partial charge is 0.510 e. The van der Waals surface area contributed by atoms with E-state index < -0.39 is 57.9 Å². The van der Waals surface area contributed by atoms with E-state index in [0.717, 1.165) is 64.2 Å². The molecule has 0 aliphatic heterocycles. The first-order chi connectivity index (χ1) is 23.4. The molecule has 2 saturated carbocycles. The van der Waals surface area contributed by atoms with Crippen molar-refractivity contribution < 1.29 is 66.7 Å². The Kier molecular flexibility index (Phi) is 16.2. The van der Waals surface area contributed by atoms with E-state index in [0.29, 0.717) is 23.3 Å². The number of carboxylic acids is 2. The van der Waals surface area contributed by atoms with Gasteiger partial charge in [-0.15, -0.1) is 0 Å². The first-order valence-corrected chi connectivity index (χ1v) is 17.4. The summed E-state index contributed by atoms with van der Waals surface area (Å²) in [5.41, 5.74) is 6.80. The number of anilines is 1. The molecule has 0 spiro atoms. The van der Waals surface area contributed by atoms with Crippen molar-refractivity contribution >= 4 is 48.8 Å². The van der Waals surface area contributed by atoms with Crippen LogP contribution in [0.15, 0.2) is 24.8 Å². The maximum Gasteiger partial charge on any atom is 0.510 e. The van der Waals surface area contributed by atoms with Crippen molar-refractivity contribution in [2.45, 2.75) is 96.0 Å². The lowest BCUT2D eigenvalue weighted by atomic mass is 9.98. The van der Waals surface area contributed by atoms with Crippen LogP contribution in [0.25, 0.3) is 11.2 Å². The summed E-state index contributed by atoms with van der Waals surface area (Å²) in [7, 11) is -4.08. The molecule has 0 unspecified atom stereocenters. The first-order valence-electron chi connectivity index (χ1n) is 15.7. The normalized spacial score (nSPS) is 16.3. The minimum Gasteiger partial charge on any atom is -0.478 e. The monoisotopic (exact) mass is 715 g/mol. The zero-order valence-electron chi connectivity index (χ0n) is 27.0. The fourth-order valence-corrected chi connectivity index (χ4v) is 5.94. The minimum absolute atomic E-state index is 0.216. The highest BCUT2D eigenvalue weighted by molar-refractivity contribution is 7.53. The third kappa shape index (κ3) is 14.8. The van der Waals surface area contributed by atoms with Crippen LogP contribution >= 0.6 is 7.60 Å². The Hall–Kier alpha value is -4.32. The number of hydrogen-bond donors (Lipinski definition) is 3. The Morgan fingerprint density at radius 2 is 1.39 bits per heavy atom. The maximum atomic E-state index is 13.4. The second kappa shape index (κ2) is 20.3. The van der Waals surface area contributed by atoms with Crippen molar-refractivity contribution in [2.24, 2.45) is 0 Å². The van der Waals surface area contributed by atoms with Crippen LogP contribution in [-0.4, -0.2) is 92.2 Å². The van der Waals surface area contributed by atoms with E-state index in [1.165, 1.54) is 6.33 Å². The van der Waals surface area contributed by atoms with Crippen molar-refractivity contribution in [2.75, 3.05) is 25.7 Å². The summed E-state index contributed by atoms with van der Waals surface area (Å²) in [6, 6.07) is 0. The van der Waals surface area contributed by atoms with Crippen LogP contribution in [0.4, 0.5) is 15.4 Å². The molecule has 49 heavy (non-hydrogen) atoms. The van der Waals surface area contributed by atoms with Crippen molar-refractivity contribution in [1.29, 1.82) is 0 Å². The first kappa shape index (κ1) is 39.1. The Labute approximate surface area is 281 Å². The van der Waals surface area contributed by atoms with Crippen molar-refractivity contribution in [3.8, 4) is 0 Å². The number of imidazole rings is 1. The summed E-state index contributed by atoms with van der Waals surface area (Å²) in [5, 5.41) is 15.6. The van der Waals surface area contributed by atoms with E-state index in [1.807, 2.05) is 0 Å². The molecule has 0 aromatic carbocycles. The Balaban J connectivity index is 0.000000723. The number of hydrogen-bond acceptors (Lipinski definition) is 16. The van der Waals surface area contributed by atoms with E-state index in [2.05, 4.69) is 15.0 Å². The van der Waals surface area contributed by atoms with Crippen LogP contribution in [0.2, 0.25) is 0 Å². The predicted octanol–water partition coefficient (Wildman–Crippen LogP) is 4.60. The molecule has 4 N–H and O–H groups in total. The molecular weight excluding hydrogens is 673 g/mol. The second-order valence-electron chi connectivity index (χ2n) is 11.1. The molecule has 20 heteroatoms. The molecule has 0 saturated heterocycles. The number of aliphatic carboxylic acids is 2. The van der Waals surface area contributed by atoms with Crippen molar-refractivity contribution in [1.82, 2.24) is 19.5 Å². The summed E-state index contributed by atoms with van der Waals surface area (Å²) in [6.45, 7) is 0.586. The van der Waals surface area contributed by atoms with Crippen LogP contribution in [0, 0.1) is 0 Å². The summed E-state index contributed by atoms with van der Waals surface area (Å²) in [4.78, 5) is 55.6. The van der Waals surface area contributed by atoms with E-state index in [9.17, 15) is 23.7 Å². The van der Waals surface area contributed by atoms with E-state index in [-0.39, 0.29) is 24.6 Å². The number of fused-ring (bicyclic) bond motifs is 1. The summed E-state index contributed by atoms with van der Waals surface area (Å²) in [5.74, 6) is -2.27. The Bertz CT molecular complexity index is 1400. The average molecular weight is 716 g/mol. The third-order valence-corrected chi connectivity index (χ3v) is 8.71. The summed E-state index contributed by atoms with van der Waals surface area (Å²) < 4.78 is 51.9. The Morgan fingerprint density at radius 3 is 1.88 bits per heavy atom. The molecule has 2 aromatic rings. The number of nitrogens with two attached hydrogens (primary N) is 1. The topological polar surface area (TPSA) is 260 Å². The molecule has 1 atom stereocenters. The highest BCUT2D eigenvalue weighted by Gasteiger charge is 2.29. The lowest BCUT2D eigenvalue weighted by Gasteiger charge is -2.23. The van der Waals surface area contributed by atoms with Gasteiger partial charge in [0, 0.05) is 12.2 Å². The van der Waals surface area contributed by atoms with Gasteiger partial charge in [0.05, 0.1) is 19.0 Å². The van der Waals surface area contributed by atoms with Crippen LogP contribution in [-0.2, 0) is 53.4 Å². The van der Waals surface area contributed by atoms with Gasteiger partial charge in [0.2, 0.25) is 13.6 Å². The van der Waals surface area contributed by atoms with Crippen LogP contribution < -0.4 is 5.73 Å². The molecule has 0 radical (unpaired) electrons. The van der Waals surface area contributed by atoms with Crippen LogP contribution in [0.5, 0.6) is 0 Å². The van der Waals surface area contributed by atoms with Crippen LogP contribution in [0.3, 0.4) is 0 Å². The van der Waals surface area contributed by atoms with Crippen molar-refractivity contribution in [3.05, 3.63) is 24.8 Å². The summed E-state index contributed by atoms with van der Waals surface area (Å²) >= 11 is 0. The summed E-state index contributed by atoms with van der Waals surface area (Å²) in [6.07, 6.45) is 9.83. The number of carbonyl (C=O) groups is 4. The molecule has 2 aliphatic rings. The van der Waals surface area contributed by atoms with Gasteiger partial charge in [0.25, 0.3) is 0 Å². The van der Waals surface area contributed by atoms with Gasteiger partial charge in [-0.25, -0.2) is 34.1 Å². The number of carbonyl (C=O) groups excluding carboxylic acids is 2. The molecule has 2 heterocycles. The second-order valence-corrected chi connectivity index (χ2v) is 13.1. The smallest absolute Gasteiger partial charge is 0.478 e. The SMILES string of the molecule is C[C@H](Cn1cnc2c(N)ncnc21)OCP(=O)(OCOC(=O)OC1CCCCC1)OCOC(=O)OC1CCCCC1.O=C(O)/C=C/C(=O)O. The predicted molar refractivity (Wildman–Crippen MR) is 168 cm³/mol. The zero-order valence-corrected chi connectivity index (χ0v) is 27.9. The highest BCUT2D eigenvalue weighted by Crippen LogP contribution is 2.48. The molecule has 2 aliphatic carbocycles. The van der Waals surface area contributed by atoms with Gasteiger partial charge in [-0.3, -0.25) is 13.6 Å². The van der Waals surface area contributed by atoms with E-state index >= 15 is 0 Å². The van der Waals surface area contributed by atoms with Crippen molar-refractivity contribution in [3.63, 3.8) is 0 Å². The van der Waals surface area contributed by atoms with Gasteiger partial charge in [-0.05, 0) is 58.3 Å². The standard InChI is InChI=1S/C25H38N5O10P.C4H4O4/c1-18(12-30-14-29-21-22(26)27-13-28-23(21)30)36-17-41(33,37-15-34-24(31)39-19-8-4-2-5-9-19)38-16-35-25(32)40-20-10-6-3-7-11-20;5-3(6)1-2-4(7)8/h13-14,18-20H,2-12,15-17H2,1H3,(H2,26,27,28);1-2H,(H,5,6)(H,7,8)/b;2-1+/t18-;/m1./s1. The lowest BCUT2D eigenvalue weighted by molar-refractivity contribution is -0.134. The quantitative estimate of drug-likeness (QED) is 0.0984. The number of aromatic nitrogens is 4. The number of ether oxygens (including phenoxy) is 5. The van der Waals surface area contributed by atoms with Gasteiger partial charge in [-0.2, -0.15) is 0 Å². The number of carboxylic acid groups (broad SMARTS) is 2. The zero-order chi connectivity index (χ0) is 35.6. The van der Waals surface area contributed by atoms with Gasteiger partial charge in [-0.1, -0.05) is 12.8 Å². The maximum absolute atomic E-state index is 13.4. The molecule has 2 aromatic heterocycles. The number of rotatable bonds is 15. The molecule has 4 rings (SSSR count). The molecular formula is C29H42N5O14P. The minimum atomic E-state index is -4.08. The van der Waals surface area contributed by atoms with Gasteiger partial charge < -0.3 is 44.2 Å². The molecule has 19 nitrogen and oxygen atoms in total. The molecule has 272 valence electrons. The fraction of sp³-hybridized carbons (Fsp3) is 0.621. The third-order valence-electron chi connectivity index (χ3n) is 7.25. The Morgan fingerprint density at radius 1 is 0.878 bits per heavy atom. The molecule has 0 amide bonds. The fourth-order valence-electron chi connectivity index (χ4n) is 4.85. The van der Waals surface area contributed by atoms with E-state index in [1.54, 1.807) is 17.8 Å².